The number of allylic oxidation sites excluding steroid dienone is 2. The maximum Gasteiger partial charge on any atom is 0.100 e. The Bertz CT molecular complexity index is 404. The van der Waals surface area contributed by atoms with Crippen molar-refractivity contribution in [1.82, 2.24) is 9.55 Å². The van der Waals surface area contributed by atoms with Crippen LogP contribution in [0.4, 0.5) is 0 Å². The van der Waals surface area contributed by atoms with Crippen LogP contribution < -0.4 is 0 Å². The molecule has 0 spiro atoms. The third-order valence-corrected chi connectivity index (χ3v) is 2.67. The molecule has 3 heteroatoms. The van der Waals surface area contributed by atoms with Gasteiger partial charge in [-0.2, -0.15) is 0 Å². The normalized spacial score (nSPS) is 25.4. The molecule has 0 N–H and O–H groups in total. The summed E-state index contributed by atoms with van der Waals surface area (Å²) in [6.07, 6.45) is 10.4. The number of ether oxygens (including phenoxy) is 1. The van der Waals surface area contributed by atoms with E-state index in [9.17, 15) is 0 Å². The topological polar surface area (TPSA) is 27.1 Å². The van der Waals surface area contributed by atoms with Crippen molar-refractivity contribution in [2.45, 2.75) is 26.0 Å². The van der Waals surface area contributed by atoms with E-state index in [4.69, 9.17) is 4.74 Å². The number of nitrogens with zero attached hydrogens (tertiary/aromatic N) is 2. The third kappa shape index (κ3) is 2.02. The van der Waals surface area contributed by atoms with Crippen LogP contribution in [0.1, 0.15) is 18.7 Å². The smallest absolute Gasteiger partial charge is 0.100 e. The van der Waals surface area contributed by atoms with Crippen LogP contribution in [0.5, 0.6) is 0 Å². The largest absolute Gasteiger partial charge is 0.375 e. The number of imidazole rings is 1. The Morgan fingerprint density at radius 1 is 1.40 bits per heavy atom. The zero-order chi connectivity index (χ0) is 10.8. The average Bonchev–Trinajstić information content (AvgIpc) is 2.64. The Kier molecular flexibility index (Phi) is 2.73. The van der Waals surface area contributed by atoms with Crippen LogP contribution in [0.2, 0.25) is 0 Å². The van der Waals surface area contributed by atoms with Gasteiger partial charge in [0.2, 0.25) is 0 Å². The van der Waals surface area contributed by atoms with Gasteiger partial charge in [0.15, 0.2) is 0 Å². The van der Waals surface area contributed by atoms with E-state index in [2.05, 4.69) is 34.7 Å². The number of aryl methyl sites for hydroxylation is 1. The predicted octanol–water partition coefficient (Wildman–Crippen LogP) is 2.26. The first kappa shape index (κ1) is 10.2. The molecule has 2 atom stereocenters. The molecule has 1 aliphatic carbocycles. The number of methoxy groups -OCH3 is 1. The van der Waals surface area contributed by atoms with Gasteiger partial charge in [-0.05, 0) is 13.8 Å². The highest BCUT2D eigenvalue weighted by atomic mass is 16.5. The lowest BCUT2D eigenvalue weighted by Gasteiger charge is -2.25. The van der Waals surface area contributed by atoms with Gasteiger partial charge in [0.1, 0.15) is 6.10 Å². The summed E-state index contributed by atoms with van der Waals surface area (Å²) in [7, 11) is 1.74. The summed E-state index contributed by atoms with van der Waals surface area (Å²) in [6.45, 7) is 4.07. The number of rotatable bonds is 2. The van der Waals surface area contributed by atoms with Crippen molar-refractivity contribution >= 4 is 0 Å². The van der Waals surface area contributed by atoms with E-state index in [1.165, 1.54) is 5.57 Å². The molecular weight excluding hydrogens is 188 g/mol. The predicted molar refractivity (Wildman–Crippen MR) is 59.7 cm³/mol. The van der Waals surface area contributed by atoms with Crippen LogP contribution in [0.25, 0.3) is 0 Å². The summed E-state index contributed by atoms with van der Waals surface area (Å²) >= 11 is 0. The van der Waals surface area contributed by atoms with E-state index in [0.29, 0.717) is 0 Å². The number of hydrogen-bond donors (Lipinski definition) is 0. The van der Waals surface area contributed by atoms with Crippen molar-refractivity contribution in [2.75, 3.05) is 7.11 Å². The molecule has 1 aromatic heterocycles. The molecule has 0 bridgehead atoms. The van der Waals surface area contributed by atoms with Crippen LogP contribution in [0.15, 0.2) is 36.3 Å². The summed E-state index contributed by atoms with van der Waals surface area (Å²) in [4.78, 5) is 4.23. The van der Waals surface area contributed by atoms with Gasteiger partial charge in [0.05, 0.1) is 18.1 Å². The molecule has 2 rings (SSSR count). The lowest BCUT2D eigenvalue weighted by molar-refractivity contribution is 0.108. The van der Waals surface area contributed by atoms with E-state index in [-0.39, 0.29) is 12.1 Å². The standard InChI is InChI=1S/C12H16N2O/c1-9-4-5-11(12(6-9)15-3)14-7-10(2)13-8-14/h4-8,11-12H,1-3H3. The van der Waals surface area contributed by atoms with Crippen LogP contribution >= 0.6 is 0 Å². The van der Waals surface area contributed by atoms with Crippen molar-refractivity contribution in [3.63, 3.8) is 0 Å². The van der Waals surface area contributed by atoms with Gasteiger partial charge in [-0.25, -0.2) is 4.98 Å². The van der Waals surface area contributed by atoms with Crippen molar-refractivity contribution in [3.05, 3.63) is 42.0 Å². The van der Waals surface area contributed by atoms with E-state index >= 15 is 0 Å². The van der Waals surface area contributed by atoms with Gasteiger partial charge < -0.3 is 9.30 Å². The molecule has 0 fully saturated rings. The first-order valence-electron chi connectivity index (χ1n) is 5.10. The van der Waals surface area contributed by atoms with Gasteiger partial charge >= 0.3 is 0 Å². The fourth-order valence-electron chi connectivity index (χ4n) is 1.85. The fraction of sp³-hybridized carbons (Fsp3) is 0.417. The molecular formula is C12H16N2O. The quantitative estimate of drug-likeness (QED) is 0.739. The highest BCUT2D eigenvalue weighted by Gasteiger charge is 2.20. The zero-order valence-corrected chi connectivity index (χ0v) is 9.34. The molecule has 0 radical (unpaired) electrons. The van der Waals surface area contributed by atoms with E-state index in [0.717, 1.165) is 5.69 Å². The van der Waals surface area contributed by atoms with Crippen LogP contribution in [0, 0.1) is 6.92 Å². The molecule has 1 aliphatic rings. The lowest BCUT2D eigenvalue weighted by atomic mass is 10.0. The number of hydrogen-bond acceptors (Lipinski definition) is 2. The van der Waals surface area contributed by atoms with E-state index in [1.54, 1.807) is 7.11 Å². The second kappa shape index (κ2) is 4.03. The first-order valence-corrected chi connectivity index (χ1v) is 5.10. The van der Waals surface area contributed by atoms with Gasteiger partial charge in [-0.1, -0.05) is 23.8 Å². The minimum absolute atomic E-state index is 0.101. The molecule has 0 amide bonds. The van der Waals surface area contributed by atoms with Crippen LogP contribution in [0.3, 0.4) is 0 Å². The monoisotopic (exact) mass is 204 g/mol. The summed E-state index contributed by atoms with van der Waals surface area (Å²) in [5.41, 5.74) is 2.28. The SMILES string of the molecule is COC1C=C(C)C=CC1n1cnc(C)c1. The van der Waals surface area contributed by atoms with Crippen molar-refractivity contribution in [2.24, 2.45) is 0 Å². The molecule has 15 heavy (non-hydrogen) atoms. The first-order chi connectivity index (χ1) is 7.20. The average molecular weight is 204 g/mol. The highest BCUT2D eigenvalue weighted by Crippen LogP contribution is 2.23. The minimum atomic E-state index is 0.101. The number of aromatic nitrogens is 2. The summed E-state index contributed by atoms with van der Waals surface area (Å²) < 4.78 is 7.55. The second-order valence-corrected chi connectivity index (χ2v) is 3.92. The molecule has 1 heterocycles. The maximum atomic E-state index is 5.46. The molecule has 0 aliphatic heterocycles. The van der Waals surface area contributed by atoms with Crippen molar-refractivity contribution in [1.29, 1.82) is 0 Å². The van der Waals surface area contributed by atoms with E-state index in [1.807, 2.05) is 19.4 Å². The van der Waals surface area contributed by atoms with Gasteiger partial charge in [0, 0.05) is 13.3 Å². The van der Waals surface area contributed by atoms with Crippen LogP contribution in [-0.2, 0) is 4.74 Å². The second-order valence-electron chi connectivity index (χ2n) is 3.92. The molecule has 2 unspecified atom stereocenters. The Labute approximate surface area is 90.1 Å². The third-order valence-electron chi connectivity index (χ3n) is 2.67. The van der Waals surface area contributed by atoms with Gasteiger partial charge in [-0.15, -0.1) is 0 Å². The Hall–Kier alpha value is -1.35. The van der Waals surface area contributed by atoms with Gasteiger partial charge in [0.25, 0.3) is 0 Å². The van der Waals surface area contributed by atoms with Crippen molar-refractivity contribution < 1.29 is 4.74 Å². The fourth-order valence-corrected chi connectivity index (χ4v) is 1.85. The molecule has 3 nitrogen and oxygen atoms in total. The Balaban J connectivity index is 2.26. The molecule has 0 aromatic carbocycles. The summed E-state index contributed by atoms with van der Waals surface area (Å²) in [6, 6.07) is 0.222. The maximum absolute atomic E-state index is 5.46. The molecule has 0 saturated heterocycles. The summed E-state index contributed by atoms with van der Waals surface area (Å²) in [5.74, 6) is 0. The van der Waals surface area contributed by atoms with Crippen molar-refractivity contribution in [3.8, 4) is 0 Å². The van der Waals surface area contributed by atoms with E-state index < -0.39 is 0 Å². The summed E-state index contributed by atoms with van der Waals surface area (Å²) in [5, 5.41) is 0. The Morgan fingerprint density at radius 3 is 2.80 bits per heavy atom. The van der Waals surface area contributed by atoms with Crippen LogP contribution in [-0.4, -0.2) is 22.8 Å². The Morgan fingerprint density at radius 2 is 2.20 bits per heavy atom. The molecule has 0 saturated carbocycles. The molecule has 80 valence electrons. The van der Waals surface area contributed by atoms with Gasteiger partial charge in [-0.3, -0.25) is 0 Å². The minimum Gasteiger partial charge on any atom is -0.375 e. The molecule has 1 aromatic rings. The zero-order valence-electron chi connectivity index (χ0n) is 9.34. The highest BCUT2D eigenvalue weighted by molar-refractivity contribution is 5.26. The lowest BCUT2D eigenvalue weighted by Crippen LogP contribution is -2.24.